The molecule has 0 saturated heterocycles. The number of hydrogen-bond donors (Lipinski definition) is 3. The molecule has 0 atom stereocenters. The number of primary amides is 1. The Kier molecular flexibility index (Phi) is 4.84. The molecule has 0 saturated carbocycles. The maximum Gasteiger partial charge on any atom is 0.248 e. The van der Waals surface area contributed by atoms with Gasteiger partial charge in [0.05, 0.1) is 18.8 Å². The lowest BCUT2D eigenvalue weighted by molar-refractivity contribution is -0.115. The average molecular weight is 249 g/mol. The van der Waals surface area contributed by atoms with Crippen molar-refractivity contribution in [2.45, 2.75) is 0 Å². The molecule has 1 aromatic rings. The highest BCUT2D eigenvalue weighted by molar-refractivity contribution is 5.96. The molecule has 0 aliphatic heterocycles. The van der Waals surface area contributed by atoms with Gasteiger partial charge in [0.2, 0.25) is 11.8 Å². The van der Waals surface area contributed by atoms with Gasteiger partial charge >= 0.3 is 0 Å². The zero-order valence-corrected chi connectivity index (χ0v) is 9.50. The second kappa shape index (κ2) is 6.37. The molecule has 0 heterocycles. The summed E-state index contributed by atoms with van der Waals surface area (Å²) in [4.78, 5) is 22.3. The molecule has 0 aliphatic carbocycles. The number of nitrogens with two attached hydrogens (primary N) is 1. The molecule has 6 heteroatoms. The predicted octanol–water partition coefficient (Wildman–Crippen LogP) is 0.0859. The first-order valence-electron chi connectivity index (χ1n) is 5.08. The highest BCUT2D eigenvalue weighted by Gasteiger charge is 2.09. The van der Waals surface area contributed by atoms with Crippen molar-refractivity contribution in [3.63, 3.8) is 0 Å². The molecule has 94 valence electrons. The minimum atomic E-state index is -0.698. The van der Waals surface area contributed by atoms with Crippen molar-refractivity contribution in [2.75, 3.05) is 18.4 Å². The van der Waals surface area contributed by atoms with E-state index in [0.717, 1.165) is 6.07 Å². The Balaban J connectivity index is 2.72. The molecule has 1 aromatic carbocycles. The third-order valence-corrected chi connectivity index (χ3v) is 2.04. The molecule has 0 spiro atoms. The standard InChI is InChI=1S/C12H12FN3O2/c1-2-5-15-7-11(17)16-10-6-8(12(14)18)3-4-9(10)13/h1,3-4,6,15H,5,7H2,(H2,14,18)(H,16,17). The van der Waals surface area contributed by atoms with Crippen LogP contribution in [-0.2, 0) is 4.79 Å². The first kappa shape index (κ1) is 13.7. The number of hydrogen-bond acceptors (Lipinski definition) is 3. The van der Waals surface area contributed by atoms with Crippen molar-refractivity contribution < 1.29 is 14.0 Å². The molecule has 0 aromatic heterocycles. The van der Waals surface area contributed by atoms with E-state index in [2.05, 4.69) is 16.6 Å². The van der Waals surface area contributed by atoms with Crippen LogP contribution in [0.5, 0.6) is 0 Å². The Bertz CT molecular complexity index is 509. The van der Waals surface area contributed by atoms with Crippen LogP contribution >= 0.6 is 0 Å². The third kappa shape index (κ3) is 3.88. The van der Waals surface area contributed by atoms with Gasteiger partial charge in [0.1, 0.15) is 5.82 Å². The summed E-state index contributed by atoms with van der Waals surface area (Å²) >= 11 is 0. The van der Waals surface area contributed by atoms with Crippen LogP contribution in [0.25, 0.3) is 0 Å². The van der Waals surface area contributed by atoms with E-state index in [-0.39, 0.29) is 24.3 Å². The highest BCUT2D eigenvalue weighted by Crippen LogP contribution is 2.15. The SMILES string of the molecule is C#CCNCC(=O)Nc1cc(C(N)=O)ccc1F. The Morgan fingerprint density at radius 1 is 1.44 bits per heavy atom. The molecule has 5 nitrogen and oxygen atoms in total. The van der Waals surface area contributed by atoms with Gasteiger partial charge in [-0.25, -0.2) is 4.39 Å². The van der Waals surface area contributed by atoms with Gasteiger partial charge in [0, 0.05) is 5.56 Å². The Labute approximate surface area is 104 Å². The van der Waals surface area contributed by atoms with Gasteiger partial charge in [-0.3, -0.25) is 14.9 Å². The molecule has 1 rings (SSSR count). The lowest BCUT2D eigenvalue weighted by Gasteiger charge is -2.07. The normalized spacial score (nSPS) is 9.56. The van der Waals surface area contributed by atoms with Crippen LogP contribution in [0.4, 0.5) is 10.1 Å². The van der Waals surface area contributed by atoms with Gasteiger partial charge in [0.25, 0.3) is 0 Å². The van der Waals surface area contributed by atoms with E-state index in [4.69, 9.17) is 12.2 Å². The number of amides is 2. The summed E-state index contributed by atoms with van der Waals surface area (Å²) in [7, 11) is 0. The number of rotatable bonds is 5. The van der Waals surface area contributed by atoms with Gasteiger partial charge < -0.3 is 11.1 Å². The van der Waals surface area contributed by atoms with Crippen LogP contribution in [0.15, 0.2) is 18.2 Å². The summed E-state index contributed by atoms with van der Waals surface area (Å²) in [5, 5.41) is 4.96. The van der Waals surface area contributed by atoms with E-state index in [9.17, 15) is 14.0 Å². The largest absolute Gasteiger partial charge is 0.366 e. The quantitative estimate of drug-likeness (QED) is 0.510. The monoisotopic (exact) mass is 249 g/mol. The Morgan fingerprint density at radius 2 is 2.17 bits per heavy atom. The van der Waals surface area contributed by atoms with Gasteiger partial charge in [0.15, 0.2) is 0 Å². The maximum absolute atomic E-state index is 13.4. The fourth-order valence-electron chi connectivity index (χ4n) is 1.22. The van der Waals surface area contributed by atoms with Crippen LogP contribution < -0.4 is 16.4 Å². The number of terminal acetylenes is 1. The highest BCUT2D eigenvalue weighted by atomic mass is 19.1. The molecule has 0 bridgehead atoms. The summed E-state index contributed by atoms with van der Waals surface area (Å²) < 4.78 is 13.4. The molecule has 18 heavy (non-hydrogen) atoms. The second-order valence-corrected chi connectivity index (χ2v) is 3.41. The average Bonchev–Trinajstić information content (AvgIpc) is 2.32. The fraction of sp³-hybridized carbons (Fsp3) is 0.167. The molecule has 4 N–H and O–H groups in total. The van der Waals surface area contributed by atoms with Gasteiger partial charge in [-0.15, -0.1) is 6.42 Å². The first-order valence-corrected chi connectivity index (χ1v) is 5.08. The minimum absolute atomic E-state index is 0.0512. The predicted molar refractivity (Wildman–Crippen MR) is 65.3 cm³/mol. The molecular formula is C12H12FN3O2. The lowest BCUT2D eigenvalue weighted by atomic mass is 10.2. The molecule has 0 fully saturated rings. The van der Waals surface area contributed by atoms with Crippen molar-refractivity contribution in [1.29, 1.82) is 0 Å². The first-order chi connectivity index (χ1) is 8.54. The lowest BCUT2D eigenvalue weighted by Crippen LogP contribution is -2.28. The van der Waals surface area contributed by atoms with Crippen LogP contribution in [-0.4, -0.2) is 24.9 Å². The Morgan fingerprint density at radius 3 is 2.78 bits per heavy atom. The fourth-order valence-corrected chi connectivity index (χ4v) is 1.22. The minimum Gasteiger partial charge on any atom is -0.366 e. The van der Waals surface area contributed by atoms with Crippen LogP contribution in [0.1, 0.15) is 10.4 Å². The van der Waals surface area contributed by atoms with E-state index in [1.165, 1.54) is 12.1 Å². The number of benzene rings is 1. The topological polar surface area (TPSA) is 84.2 Å². The smallest absolute Gasteiger partial charge is 0.248 e. The summed E-state index contributed by atoms with van der Waals surface area (Å²) in [6, 6.07) is 3.48. The summed E-state index contributed by atoms with van der Waals surface area (Å²) in [6.45, 7) is 0.182. The molecule has 0 unspecified atom stereocenters. The summed E-state index contributed by atoms with van der Waals surface area (Å²) in [5.74, 6) is 0.483. The number of nitrogens with one attached hydrogen (secondary N) is 2. The molecule has 0 radical (unpaired) electrons. The number of carbonyl (C=O) groups is 2. The van der Waals surface area contributed by atoms with Crippen molar-refractivity contribution >= 4 is 17.5 Å². The van der Waals surface area contributed by atoms with Crippen LogP contribution in [0, 0.1) is 18.2 Å². The van der Waals surface area contributed by atoms with Crippen LogP contribution in [0.3, 0.4) is 0 Å². The molecule has 0 aliphatic rings. The third-order valence-electron chi connectivity index (χ3n) is 2.04. The second-order valence-electron chi connectivity index (χ2n) is 3.41. The zero-order valence-electron chi connectivity index (χ0n) is 9.50. The number of carbonyl (C=O) groups excluding carboxylic acids is 2. The number of halogens is 1. The van der Waals surface area contributed by atoms with Gasteiger partial charge in [-0.1, -0.05) is 5.92 Å². The Hall–Kier alpha value is -2.39. The van der Waals surface area contributed by atoms with E-state index < -0.39 is 17.6 Å². The van der Waals surface area contributed by atoms with E-state index in [1.807, 2.05) is 0 Å². The zero-order chi connectivity index (χ0) is 13.5. The molecular weight excluding hydrogens is 237 g/mol. The van der Waals surface area contributed by atoms with Crippen molar-refractivity contribution in [3.8, 4) is 12.3 Å². The maximum atomic E-state index is 13.4. The van der Waals surface area contributed by atoms with Gasteiger partial charge in [-0.2, -0.15) is 0 Å². The van der Waals surface area contributed by atoms with E-state index in [1.54, 1.807) is 0 Å². The number of anilines is 1. The van der Waals surface area contributed by atoms with E-state index in [0.29, 0.717) is 0 Å². The molecule has 2 amide bonds. The van der Waals surface area contributed by atoms with Crippen molar-refractivity contribution in [1.82, 2.24) is 5.32 Å². The van der Waals surface area contributed by atoms with Crippen molar-refractivity contribution in [2.24, 2.45) is 5.73 Å². The summed E-state index contributed by atoms with van der Waals surface area (Å²) in [5.41, 5.74) is 5.07. The van der Waals surface area contributed by atoms with Gasteiger partial charge in [-0.05, 0) is 18.2 Å². The van der Waals surface area contributed by atoms with Crippen molar-refractivity contribution in [3.05, 3.63) is 29.6 Å². The van der Waals surface area contributed by atoms with E-state index >= 15 is 0 Å². The summed E-state index contributed by atoms with van der Waals surface area (Å²) in [6.07, 6.45) is 4.99. The van der Waals surface area contributed by atoms with Crippen LogP contribution in [0.2, 0.25) is 0 Å².